The van der Waals surface area contributed by atoms with Crippen LogP contribution in [-0.2, 0) is 14.3 Å². The highest BCUT2D eigenvalue weighted by atomic mass is 16.6. The van der Waals surface area contributed by atoms with Gasteiger partial charge in [0.2, 0.25) is 6.41 Å². The quantitative estimate of drug-likeness (QED) is 0.436. The maximum atomic E-state index is 11.3. The number of nitrogens with zero attached hydrogens (tertiary/aromatic N) is 2. The molecular formula is C11H16N4O6. The SMILES string of the molecule is COC[C@H]1O[C@@H](n2cnc(C(N)=O)c2NC=O)C(O)[C@H]1O. The smallest absolute Gasteiger partial charge is 0.271 e. The first-order valence-electron chi connectivity index (χ1n) is 6.08. The summed E-state index contributed by atoms with van der Waals surface area (Å²) in [4.78, 5) is 25.7. The van der Waals surface area contributed by atoms with Crippen LogP contribution < -0.4 is 11.1 Å². The van der Waals surface area contributed by atoms with Gasteiger partial charge in [0.05, 0.1) is 12.9 Å². The highest BCUT2D eigenvalue weighted by molar-refractivity contribution is 5.97. The molecule has 21 heavy (non-hydrogen) atoms. The molecule has 10 nitrogen and oxygen atoms in total. The monoisotopic (exact) mass is 300 g/mol. The van der Waals surface area contributed by atoms with Gasteiger partial charge in [-0.25, -0.2) is 4.98 Å². The first kappa shape index (κ1) is 15.4. The summed E-state index contributed by atoms with van der Waals surface area (Å²) in [5.74, 6) is -0.869. The number of imidazole rings is 1. The molecule has 1 aromatic heterocycles. The lowest BCUT2D eigenvalue weighted by Crippen LogP contribution is -2.33. The van der Waals surface area contributed by atoms with E-state index in [1.54, 1.807) is 0 Å². The molecule has 116 valence electrons. The number of rotatable bonds is 6. The molecule has 1 saturated heterocycles. The largest absolute Gasteiger partial charge is 0.387 e. The fourth-order valence-electron chi connectivity index (χ4n) is 2.19. The summed E-state index contributed by atoms with van der Waals surface area (Å²) in [6.45, 7) is 0.0720. The number of carbonyl (C=O) groups excluding carboxylic acids is 2. The number of nitrogens with one attached hydrogen (secondary N) is 1. The van der Waals surface area contributed by atoms with Crippen LogP contribution in [0.15, 0.2) is 6.33 Å². The summed E-state index contributed by atoms with van der Waals surface area (Å²) in [6, 6.07) is 0. The highest BCUT2D eigenvalue weighted by Crippen LogP contribution is 2.32. The average molecular weight is 300 g/mol. The number of nitrogens with two attached hydrogens (primary N) is 1. The van der Waals surface area contributed by atoms with Gasteiger partial charge < -0.3 is 30.7 Å². The van der Waals surface area contributed by atoms with Gasteiger partial charge in [0, 0.05) is 7.11 Å². The van der Waals surface area contributed by atoms with E-state index in [2.05, 4.69) is 10.3 Å². The van der Waals surface area contributed by atoms with Crippen molar-refractivity contribution in [1.82, 2.24) is 9.55 Å². The van der Waals surface area contributed by atoms with Gasteiger partial charge in [0.25, 0.3) is 5.91 Å². The topological polar surface area (TPSA) is 149 Å². The molecular weight excluding hydrogens is 284 g/mol. The Kier molecular flexibility index (Phi) is 4.53. The second-order valence-corrected chi connectivity index (χ2v) is 4.48. The second kappa shape index (κ2) is 6.18. The third kappa shape index (κ3) is 2.74. The van der Waals surface area contributed by atoms with Crippen molar-refractivity contribution in [2.24, 2.45) is 5.73 Å². The first-order chi connectivity index (χ1) is 10.0. The van der Waals surface area contributed by atoms with Crippen molar-refractivity contribution in [3.05, 3.63) is 12.0 Å². The van der Waals surface area contributed by atoms with E-state index in [0.717, 1.165) is 0 Å². The molecule has 2 heterocycles. The van der Waals surface area contributed by atoms with Gasteiger partial charge in [-0.1, -0.05) is 0 Å². The minimum atomic E-state index is -1.28. The summed E-state index contributed by atoms with van der Waals surface area (Å²) < 4.78 is 11.6. The van der Waals surface area contributed by atoms with Gasteiger partial charge >= 0.3 is 0 Å². The average Bonchev–Trinajstić information content (AvgIpc) is 2.96. The number of carbonyl (C=O) groups is 2. The fourth-order valence-corrected chi connectivity index (χ4v) is 2.19. The number of hydrogen-bond donors (Lipinski definition) is 4. The van der Waals surface area contributed by atoms with E-state index in [-0.39, 0.29) is 18.1 Å². The number of primary amides is 1. The molecule has 0 saturated carbocycles. The van der Waals surface area contributed by atoms with E-state index >= 15 is 0 Å². The molecule has 0 aromatic carbocycles. The Balaban J connectivity index is 2.33. The van der Waals surface area contributed by atoms with E-state index < -0.39 is 30.4 Å². The molecule has 10 heteroatoms. The van der Waals surface area contributed by atoms with E-state index in [1.165, 1.54) is 18.0 Å². The van der Waals surface area contributed by atoms with E-state index in [9.17, 15) is 19.8 Å². The molecule has 4 atom stereocenters. The maximum absolute atomic E-state index is 11.3. The van der Waals surface area contributed by atoms with Gasteiger partial charge in [-0.05, 0) is 0 Å². The normalized spacial score (nSPS) is 28.5. The molecule has 1 fully saturated rings. The highest BCUT2D eigenvalue weighted by Gasteiger charge is 2.44. The van der Waals surface area contributed by atoms with Crippen LogP contribution in [0.1, 0.15) is 16.7 Å². The minimum absolute atomic E-state index is 0.0215. The zero-order valence-electron chi connectivity index (χ0n) is 11.2. The molecule has 0 spiro atoms. The van der Waals surface area contributed by atoms with E-state index in [1.807, 2.05) is 0 Å². The molecule has 1 unspecified atom stereocenters. The van der Waals surface area contributed by atoms with Gasteiger partial charge in [-0.2, -0.15) is 0 Å². The summed E-state index contributed by atoms with van der Waals surface area (Å²) in [5, 5.41) is 22.2. The third-order valence-corrected chi connectivity index (χ3v) is 3.17. The summed E-state index contributed by atoms with van der Waals surface area (Å²) in [7, 11) is 1.43. The Morgan fingerprint density at radius 3 is 2.90 bits per heavy atom. The van der Waals surface area contributed by atoms with E-state index in [0.29, 0.717) is 6.41 Å². The Bertz CT molecular complexity index is 533. The van der Waals surface area contributed by atoms with Crippen molar-refractivity contribution in [2.45, 2.75) is 24.5 Å². The predicted octanol–water partition coefficient (Wildman–Crippen LogP) is -2.18. The zero-order valence-corrected chi connectivity index (χ0v) is 11.2. The molecule has 5 N–H and O–H groups in total. The summed E-state index contributed by atoms with van der Waals surface area (Å²) in [5.41, 5.74) is 4.97. The Labute approximate surface area is 119 Å². The van der Waals surface area contributed by atoms with Crippen LogP contribution in [0.5, 0.6) is 0 Å². The summed E-state index contributed by atoms with van der Waals surface area (Å²) in [6.07, 6.45) is -2.74. The van der Waals surface area contributed by atoms with Crippen LogP contribution >= 0.6 is 0 Å². The number of amides is 2. The lowest BCUT2D eigenvalue weighted by atomic mass is 10.1. The number of aliphatic hydroxyl groups is 2. The zero-order chi connectivity index (χ0) is 15.6. The number of aliphatic hydroxyl groups excluding tert-OH is 2. The van der Waals surface area contributed by atoms with Gasteiger partial charge in [-0.15, -0.1) is 0 Å². The number of ether oxygens (including phenoxy) is 2. The van der Waals surface area contributed by atoms with Crippen molar-refractivity contribution in [2.75, 3.05) is 19.0 Å². The fraction of sp³-hybridized carbons (Fsp3) is 0.545. The Morgan fingerprint density at radius 2 is 2.33 bits per heavy atom. The van der Waals surface area contributed by atoms with Crippen molar-refractivity contribution in [1.29, 1.82) is 0 Å². The lowest BCUT2D eigenvalue weighted by Gasteiger charge is -2.18. The van der Waals surface area contributed by atoms with Crippen LogP contribution in [0, 0.1) is 0 Å². The van der Waals surface area contributed by atoms with Crippen molar-refractivity contribution < 1.29 is 29.3 Å². The molecule has 2 amide bonds. The molecule has 2 rings (SSSR count). The minimum Gasteiger partial charge on any atom is -0.387 e. The summed E-state index contributed by atoms with van der Waals surface area (Å²) >= 11 is 0. The predicted molar refractivity (Wildman–Crippen MR) is 68.2 cm³/mol. The van der Waals surface area contributed by atoms with Crippen LogP contribution in [0.2, 0.25) is 0 Å². The number of methoxy groups -OCH3 is 1. The number of hydrogen-bond acceptors (Lipinski definition) is 7. The van der Waals surface area contributed by atoms with Crippen LogP contribution in [0.25, 0.3) is 0 Å². The van der Waals surface area contributed by atoms with Crippen molar-refractivity contribution >= 4 is 18.1 Å². The van der Waals surface area contributed by atoms with Crippen LogP contribution in [-0.4, -0.2) is 64.1 Å². The molecule has 0 bridgehead atoms. The Morgan fingerprint density at radius 1 is 1.62 bits per heavy atom. The maximum Gasteiger partial charge on any atom is 0.271 e. The van der Waals surface area contributed by atoms with E-state index in [4.69, 9.17) is 15.2 Å². The van der Waals surface area contributed by atoms with Crippen LogP contribution in [0.4, 0.5) is 5.82 Å². The van der Waals surface area contributed by atoms with Gasteiger partial charge in [0.1, 0.15) is 24.1 Å². The first-order valence-corrected chi connectivity index (χ1v) is 6.08. The van der Waals surface area contributed by atoms with Gasteiger partial charge in [0.15, 0.2) is 11.9 Å². The standard InChI is InChI=1S/C11H16N4O6/c1-20-2-5-7(17)8(18)11(21-5)15-3-13-6(9(12)19)10(15)14-4-16/h3-5,7-8,11,17-18H,2H2,1H3,(H2,12,19)(H,14,16)/t5-,7+,8?,11-/m1/s1. The lowest BCUT2D eigenvalue weighted by molar-refractivity contribution is -0.105. The second-order valence-electron chi connectivity index (χ2n) is 4.48. The molecule has 1 aromatic rings. The van der Waals surface area contributed by atoms with Crippen LogP contribution in [0.3, 0.4) is 0 Å². The Hall–Kier alpha value is -2.01. The molecule has 1 aliphatic rings. The van der Waals surface area contributed by atoms with Crippen molar-refractivity contribution in [3.8, 4) is 0 Å². The van der Waals surface area contributed by atoms with Crippen molar-refractivity contribution in [3.63, 3.8) is 0 Å². The number of aromatic nitrogens is 2. The van der Waals surface area contributed by atoms with Gasteiger partial charge in [-0.3, -0.25) is 14.2 Å². The molecule has 0 aliphatic carbocycles. The number of anilines is 1. The third-order valence-electron chi connectivity index (χ3n) is 3.17. The molecule has 0 radical (unpaired) electrons. The molecule has 1 aliphatic heterocycles.